The number of ether oxygens (including phenoxy) is 1. The number of carboxylic acids is 1. The molecule has 0 saturated carbocycles. The van der Waals surface area contributed by atoms with Crippen molar-refractivity contribution in [2.24, 2.45) is 5.92 Å². The number of carbonyl (C=O) groups is 1. The third kappa shape index (κ3) is 4.42. The highest BCUT2D eigenvalue weighted by Crippen LogP contribution is 2.32. The Bertz CT molecular complexity index is 1000. The maximum absolute atomic E-state index is 14.5. The monoisotopic (exact) mass is 401 g/mol. The number of fused-ring (bicyclic) bond motifs is 1. The second kappa shape index (κ2) is 8.64. The molecule has 29 heavy (non-hydrogen) atoms. The molecule has 0 aliphatic rings. The SMILES string of the molecule is CCC(CCOc1c(F)cc(-c2ccc3ccn(C(C)C)c3c2)cc1F)C(=O)O. The van der Waals surface area contributed by atoms with Crippen LogP contribution in [0.4, 0.5) is 8.78 Å². The highest BCUT2D eigenvalue weighted by molar-refractivity contribution is 5.85. The van der Waals surface area contributed by atoms with E-state index in [2.05, 4.69) is 18.4 Å². The van der Waals surface area contributed by atoms with E-state index in [1.807, 2.05) is 30.5 Å². The van der Waals surface area contributed by atoms with E-state index in [0.717, 1.165) is 10.9 Å². The van der Waals surface area contributed by atoms with Gasteiger partial charge < -0.3 is 14.4 Å². The molecule has 1 heterocycles. The summed E-state index contributed by atoms with van der Waals surface area (Å²) in [6.07, 6.45) is 2.62. The molecule has 2 aromatic carbocycles. The molecule has 1 aromatic heterocycles. The highest BCUT2D eigenvalue weighted by Gasteiger charge is 2.18. The maximum atomic E-state index is 14.5. The van der Waals surface area contributed by atoms with Crippen LogP contribution in [0, 0.1) is 17.6 Å². The number of hydrogen-bond donors (Lipinski definition) is 1. The molecule has 0 aliphatic carbocycles. The van der Waals surface area contributed by atoms with E-state index in [1.165, 1.54) is 12.1 Å². The molecule has 1 unspecified atom stereocenters. The zero-order valence-corrected chi connectivity index (χ0v) is 16.8. The molecule has 3 rings (SSSR count). The van der Waals surface area contributed by atoms with Gasteiger partial charge in [-0.3, -0.25) is 4.79 Å². The molecule has 6 heteroatoms. The molecule has 0 fully saturated rings. The topological polar surface area (TPSA) is 51.5 Å². The third-order valence-corrected chi connectivity index (χ3v) is 5.17. The Balaban J connectivity index is 1.84. The van der Waals surface area contributed by atoms with E-state index < -0.39 is 29.3 Å². The second-order valence-corrected chi connectivity index (χ2v) is 7.44. The summed E-state index contributed by atoms with van der Waals surface area (Å²) in [6.45, 7) is 5.84. The lowest BCUT2D eigenvalue weighted by molar-refractivity contribution is -0.142. The minimum atomic E-state index is -0.936. The summed E-state index contributed by atoms with van der Waals surface area (Å²) in [7, 11) is 0. The van der Waals surface area contributed by atoms with Crippen LogP contribution in [0.25, 0.3) is 22.0 Å². The highest BCUT2D eigenvalue weighted by atomic mass is 19.1. The summed E-state index contributed by atoms with van der Waals surface area (Å²) in [5.74, 6) is -3.61. The number of aromatic nitrogens is 1. The number of hydrogen-bond acceptors (Lipinski definition) is 2. The van der Waals surface area contributed by atoms with Gasteiger partial charge in [-0.25, -0.2) is 8.78 Å². The van der Waals surface area contributed by atoms with Gasteiger partial charge in [0.25, 0.3) is 0 Å². The van der Waals surface area contributed by atoms with Gasteiger partial charge in [-0.2, -0.15) is 0 Å². The Morgan fingerprint density at radius 2 is 1.79 bits per heavy atom. The zero-order valence-electron chi connectivity index (χ0n) is 16.8. The Morgan fingerprint density at radius 1 is 1.10 bits per heavy atom. The van der Waals surface area contributed by atoms with Crippen molar-refractivity contribution in [3.8, 4) is 16.9 Å². The van der Waals surface area contributed by atoms with Gasteiger partial charge in [0.1, 0.15) is 0 Å². The summed E-state index contributed by atoms with van der Waals surface area (Å²) in [5.41, 5.74) is 2.13. The molecule has 0 bridgehead atoms. The zero-order chi connectivity index (χ0) is 21.1. The van der Waals surface area contributed by atoms with Crippen LogP contribution in [0.2, 0.25) is 0 Å². The Hall–Kier alpha value is -2.89. The van der Waals surface area contributed by atoms with E-state index >= 15 is 0 Å². The Labute approximate surface area is 168 Å². The van der Waals surface area contributed by atoms with Crippen molar-refractivity contribution in [1.29, 1.82) is 0 Å². The van der Waals surface area contributed by atoms with Crippen molar-refractivity contribution in [2.75, 3.05) is 6.61 Å². The van der Waals surface area contributed by atoms with Crippen LogP contribution >= 0.6 is 0 Å². The lowest BCUT2D eigenvalue weighted by Crippen LogP contribution is -2.16. The van der Waals surface area contributed by atoms with Crippen molar-refractivity contribution in [3.05, 3.63) is 54.2 Å². The molecule has 1 N–H and O–H groups in total. The molecule has 154 valence electrons. The van der Waals surface area contributed by atoms with Crippen LogP contribution in [-0.4, -0.2) is 22.2 Å². The Morgan fingerprint density at radius 3 is 2.38 bits per heavy atom. The summed E-state index contributed by atoms with van der Waals surface area (Å²) >= 11 is 0. The summed E-state index contributed by atoms with van der Waals surface area (Å²) < 4.78 is 36.4. The van der Waals surface area contributed by atoms with Crippen LogP contribution in [-0.2, 0) is 4.79 Å². The molecule has 0 aliphatic heterocycles. The van der Waals surface area contributed by atoms with Crippen LogP contribution < -0.4 is 4.74 Å². The van der Waals surface area contributed by atoms with Crippen molar-refractivity contribution in [3.63, 3.8) is 0 Å². The van der Waals surface area contributed by atoms with Gasteiger partial charge in [-0.05, 0) is 67.5 Å². The van der Waals surface area contributed by atoms with Crippen LogP contribution in [0.5, 0.6) is 5.75 Å². The van der Waals surface area contributed by atoms with E-state index in [9.17, 15) is 13.6 Å². The molecule has 0 amide bonds. The minimum Gasteiger partial charge on any atom is -0.488 e. The van der Waals surface area contributed by atoms with Crippen LogP contribution in [0.3, 0.4) is 0 Å². The van der Waals surface area contributed by atoms with E-state index in [-0.39, 0.29) is 19.1 Å². The fourth-order valence-corrected chi connectivity index (χ4v) is 3.45. The van der Waals surface area contributed by atoms with E-state index in [1.54, 1.807) is 6.92 Å². The lowest BCUT2D eigenvalue weighted by atomic mass is 10.0. The van der Waals surface area contributed by atoms with Crippen LogP contribution in [0.1, 0.15) is 39.7 Å². The van der Waals surface area contributed by atoms with Gasteiger partial charge in [0.2, 0.25) is 0 Å². The summed E-state index contributed by atoms with van der Waals surface area (Å²) in [5, 5.41) is 10.1. The molecule has 4 nitrogen and oxygen atoms in total. The lowest BCUT2D eigenvalue weighted by Gasteiger charge is -2.13. The van der Waals surface area contributed by atoms with E-state index in [0.29, 0.717) is 17.5 Å². The van der Waals surface area contributed by atoms with Gasteiger partial charge in [-0.15, -0.1) is 0 Å². The van der Waals surface area contributed by atoms with Crippen molar-refractivity contribution < 1.29 is 23.4 Å². The van der Waals surface area contributed by atoms with Gasteiger partial charge in [0.05, 0.1) is 12.5 Å². The van der Waals surface area contributed by atoms with Crippen molar-refractivity contribution in [1.82, 2.24) is 4.57 Å². The first-order valence-electron chi connectivity index (χ1n) is 9.77. The largest absolute Gasteiger partial charge is 0.488 e. The van der Waals surface area contributed by atoms with Gasteiger partial charge in [0, 0.05) is 17.8 Å². The first-order chi connectivity index (χ1) is 13.8. The van der Waals surface area contributed by atoms with Crippen molar-refractivity contribution in [2.45, 2.75) is 39.7 Å². The number of rotatable bonds is 8. The number of carboxylic acid groups (broad SMARTS) is 1. The average Bonchev–Trinajstić information content (AvgIpc) is 3.10. The quantitative estimate of drug-likeness (QED) is 0.500. The van der Waals surface area contributed by atoms with Gasteiger partial charge in [-0.1, -0.05) is 19.1 Å². The van der Waals surface area contributed by atoms with Crippen molar-refractivity contribution >= 4 is 16.9 Å². The molecule has 1 atom stereocenters. The fourth-order valence-electron chi connectivity index (χ4n) is 3.45. The third-order valence-electron chi connectivity index (χ3n) is 5.17. The number of halogens is 2. The number of aliphatic carboxylic acids is 1. The van der Waals surface area contributed by atoms with Gasteiger partial charge in [0.15, 0.2) is 17.4 Å². The van der Waals surface area contributed by atoms with Crippen LogP contribution in [0.15, 0.2) is 42.6 Å². The Kier molecular flexibility index (Phi) is 6.20. The second-order valence-electron chi connectivity index (χ2n) is 7.44. The normalized spacial score (nSPS) is 12.5. The molecule has 0 radical (unpaired) electrons. The number of nitrogens with zero attached hydrogens (tertiary/aromatic N) is 1. The smallest absolute Gasteiger partial charge is 0.306 e. The predicted molar refractivity (Wildman–Crippen MR) is 109 cm³/mol. The molecular formula is C23H25F2NO3. The molecule has 0 saturated heterocycles. The average molecular weight is 401 g/mol. The fraction of sp³-hybridized carbons (Fsp3) is 0.348. The first kappa shape index (κ1) is 20.8. The number of benzene rings is 2. The first-order valence-corrected chi connectivity index (χ1v) is 9.77. The summed E-state index contributed by atoms with van der Waals surface area (Å²) in [6, 6.07) is 10.5. The van der Waals surface area contributed by atoms with E-state index in [4.69, 9.17) is 9.84 Å². The predicted octanol–water partition coefficient (Wildman–Crippen LogP) is 6.05. The summed E-state index contributed by atoms with van der Waals surface area (Å²) in [4.78, 5) is 11.0. The molecule has 3 aromatic rings. The molecular weight excluding hydrogens is 376 g/mol. The van der Waals surface area contributed by atoms with Gasteiger partial charge >= 0.3 is 5.97 Å². The maximum Gasteiger partial charge on any atom is 0.306 e. The minimum absolute atomic E-state index is 0.0636. The standard InChI is InChI=1S/C23H25F2NO3/c1-4-15(23(27)28)8-10-29-22-19(24)11-18(12-20(22)25)17-6-5-16-7-9-26(14(2)3)21(16)13-17/h5-7,9,11-15H,4,8,10H2,1-3H3,(H,27,28). The molecule has 0 spiro atoms.